The number of carboxylic acid groups (broad SMARTS) is 1. The van der Waals surface area contributed by atoms with Crippen molar-refractivity contribution in [1.29, 1.82) is 0 Å². The second-order valence-electron chi connectivity index (χ2n) is 2.68. The number of hydrogen-bond acceptors (Lipinski definition) is 4. The van der Waals surface area contributed by atoms with E-state index in [-0.39, 0.29) is 12.3 Å². The molecule has 4 N–H and O–H groups in total. The summed E-state index contributed by atoms with van der Waals surface area (Å²) in [4.78, 5) is 22.6. The van der Waals surface area contributed by atoms with Crippen LogP contribution in [0.15, 0.2) is 18.2 Å². The molecule has 1 aromatic heterocycles. The highest BCUT2D eigenvalue weighted by atomic mass is 32.1. The molecule has 1 amide bonds. The third kappa shape index (κ3) is 3.53. The van der Waals surface area contributed by atoms with Gasteiger partial charge in [0.05, 0.1) is 11.3 Å². The second-order valence-corrected chi connectivity index (χ2v) is 3.79. The third-order valence-corrected chi connectivity index (χ3v) is 2.61. The van der Waals surface area contributed by atoms with E-state index in [1.807, 2.05) is 5.43 Å². The summed E-state index contributed by atoms with van der Waals surface area (Å²) in [6, 6.07) is 3.36. The number of aliphatic carboxylic acids is 1. The Hall–Kier alpha value is -1.66. The first-order valence-corrected chi connectivity index (χ1v) is 4.94. The SMILES string of the molecule is NNC(=O)c1ccc(C=CCC(=O)O)s1. The molecule has 15 heavy (non-hydrogen) atoms. The number of carbonyl (C=O) groups is 2. The highest BCUT2D eigenvalue weighted by molar-refractivity contribution is 7.14. The molecule has 0 aromatic carbocycles. The summed E-state index contributed by atoms with van der Waals surface area (Å²) in [5.74, 6) is 3.73. The van der Waals surface area contributed by atoms with Crippen molar-refractivity contribution in [3.05, 3.63) is 28.0 Å². The van der Waals surface area contributed by atoms with Crippen molar-refractivity contribution in [2.75, 3.05) is 0 Å². The molecule has 0 aliphatic carbocycles. The number of carboxylic acids is 1. The summed E-state index contributed by atoms with van der Waals surface area (Å²) in [7, 11) is 0. The van der Waals surface area contributed by atoms with Crippen molar-refractivity contribution in [3.8, 4) is 0 Å². The van der Waals surface area contributed by atoms with E-state index < -0.39 is 5.97 Å². The molecule has 0 unspecified atom stereocenters. The highest BCUT2D eigenvalue weighted by Gasteiger charge is 2.05. The predicted molar refractivity (Wildman–Crippen MR) is 57.3 cm³/mol. The van der Waals surface area contributed by atoms with Crippen LogP contribution in [-0.2, 0) is 4.79 Å². The molecule has 1 rings (SSSR count). The van der Waals surface area contributed by atoms with Crippen molar-refractivity contribution in [2.45, 2.75) is 6.42 Å². The third-order valence-electron chi connectivity index (χ3n) is 1.56. The van der Waals surface area contributed by atoms with Crippen molar-refractivity contribution >= 4 is 29.3 Å². The zero-order valence-electron chi connectivity index (χ0n) is 7.77. The zero-order valence-corrected chi connectivity index (χ0v) is 8.58. The van der Waals surface area contributed by atoms with Gasteiger partial charge in [-0.2, -0.15) is 0 Å². The Morgan fingerprint density at radius 2 is 2.27 bits per heavy atom. The van der Waals surface area contributed by atoms with E-state index in [4.69, 9.17) is 10.9 Å². The van der Waals surface area contributed by atoms with E-state index in [1.165, 1.54) is 17.4 Å². The fraction of sp³-hybridized carbons (Fsp3) is 0.111. The molecule has 0 radical (unpaired) electrons. The molecule has 0 atom stereocenters. The highest BCUT2D eigenvalue weighted by Crippen LogP contribution is 2.17. The van der Waals surface area contributed by atoms with Gasteiger partial charge in [0, 0.05) is 4.88 Å². The van der Waals surface area contributed by atoms with Crippen LogP contribution in [-0.4, -0.2) is 17.0 Å². The van der Waals surface area contributed by atoms with Crippen molar-refractivity contribution in [3.63, 3.8) is 0 Å². The molecule has 1 heterocycles. The molecular formula is C9H10N2O3S. The summed E-state index contributed by atoms with van der Waals surface area (Å²) in [5.41, 5.74) is 2.02. The fourth-order valence-electron chi connectivity index (χ4n) is 0.911. The van der Waals surface area contributed by atoms with E-state index in [2.05, 4.69) is 0 Å². The van der Waals surface area contributed by atoms with Gasteiger partial charge in [0.1, 0.15) is 0 Å². The Kier molecular flexibility index (Phi) is 4.02. The average molecular weight is 226 g/mol. The van der Waals surface area contributed by atoms with Gasteiger partial charge in [-0.1, -0.05) is 6.08 Å². The van der Waals surface area contributed by atoms with Crippen LogP contribution in [0.3, 0.4) is 0 Å². The first-order chi connectivity index (χ1) is 7.13. The number of rotatable bonds is 4. The van der Waals surface area contributed by atoms with Crippen LogP contribution in [0.1, 0.15) is 21.0 Å². The average Bonchev–Trinajstić information content (AvgIpc) is 2.65. The van der Waals surface area contributed by atoms with Crippen LogP contribution in [0.2, 0.25) is 0 Å². The Labute approximate surface area is 90.2 Å². The molecule has 80 valence electrons. The normalized spacial score (nSPS) is 10.5. The van der Waals surface area contributed by atoms with Crippen LogP contribution in [0, 0.1) is 0 Å². The van der Waals surface area contributed by atoms with Gasteiger partial charge >= 0.3 is 5.97 Å². The maximum absolute atomic E-state index is 11.1. The van der Waals surface area contributed by atoms with Gasteiger partial charge in [-0.15, -0.1) is 11.3 Å². The number of hydrazine groups is 1. The summed E-state index contributed by atoms with van der Waals surface area (Å²) < 4.78 is 0. The predicted octanol–water partition coefficient (Wildman–Crippen LogP) is 0.839. The molecule has 0 aliphatic rings. The molecule has 1 aromatic rings. The van der Waals surface area contributed by atoms with Crippen LogP contribution in [0.5, 0.6) is 0 Å². The fourth-order valence-corrected chi connectivity index (χ4v) is 1.75. The molecule has 0 saturated heterocycles. The standard InChI is InChI=1S/C9H10N2O3S/c10-11-9(14)7-5-4-6(15-7)2-1-3-8(12)13/h1-2,4-5H,3,10H2,(H,11,14)(H,12,13). The van der Waals surface area contributed by atoms with E-state index in [0.717, 1.165) is 4.88 Å². The Morgan fingerprint density at radius 1 is 1.53 bits per heavy atom. The number of carbonyl (C=O) groups excluding carboxylic acids is 1. The summed E-state index contributed by atoms with van der Waals surface area (Å²) in [5, 5.41) is 8.39. The molecule has 0 bridgehead atoms. The number of hydrogen-bond donors (Lipinski definition) is 3. The minimum atomic E-state index is -0.886. The molecular weight excluding hydrogens is 216 g/mol. The van der Waals surface area contributed by atoms with Crippen molar-refractivity contribution in [1.82, 2.24) is 5.43 Å². The lowest BCUT2D eigenvalue weighted by molar-refractivity contribution is -0.135. The van der Waals surface area contributed by atoms with Crippen molar-refractivity contribution < 1.29 is 14.7 Å². The molecule has 0 saturated carbocycles. The zero-order chi connectivity index (χ0) is 11.3. The van der Waals surface area contributed by atoms with Gasteiger partial charge in [0.15, 0.2) is 0 Å². The number of nitrogen functional groups attached to an aromatic ring is 1. The van der Waals surface area contributed by atoms with E-state index in [9.17, 15) is 9.59 Å². The molecule has 5 nitrogen and oxygen atoms in total. The maximum atomic E-state index is 11.1. The van der Waals surface area contributed by atoms with Crippen molar-refractivity contribution in [2.24, 2.45) is 5.84 Å². The Balaban J connectivity index is 2.64. The molecule has 0 fully saturated rings. The Morgan fingerprint density at radius 3 is 2.87 bits per heavy atom. The quantitative estimate of drug-likeness (QED) is 0.403. The summed E-state index contributed by atoms with van der Waals surface area (Å²) in [6.07, 6.45) is 3.15. The van der Waals surface area contributed by atoms with E-state index in [1.54, 1.807) is 18.2 Å². The van der Waals surface area contributed by atoms with Crippen LogP contribution < -0.4 is 11.3 Å². The molecule has 6 heteroatoms. The smallest absolute Gasteiger partial charge is 0.307 e. The first kappa shape index (κ1) is 11.4. The van der Waals surface area contributed by atoms with Crippen LogP contribution >= 0.6 is 11.3 Å². The number of nitrogens with one attached hydrogen (secondary N) is 1. The van der Waals surface area contributed by atoms with Gasteiger partial charge in [0.2, 0.25) is 0 Å². The van der Waals surface area contributed by atoms with Gasteiger partial charge < -0.3 is 5.11 Å². The lowest BCUT2D eigenvalue weighted by Crippen LogP contribution is -2.29. The number of thiophene rings is 1. The minimum absolute atomic E-state index is 0.0314. The monoisotopic (exact) mass is 226 g/mol. The molecule has 0 spiro atoms. The maximum Gasteiger partial charge on any atom is 0.307 e. The summed E-state index contributed by atoms with van der Waals surface area (Å²) >= 11 is 1.25. The van der Waals surface area contributed by atoms with Crippen LogP contribution in [0.25, 0.3) is 6.08 Å². The van der Waals surface area contributed by atoms with E-state index in [0.29, 0.717) is 4.88 Å². The lowest BCUT2D eigenvalue weighted by Gasteiger charge is -1.91. The number of amides is 1. The van der Waals surface area contributed by atoms with Gasteiger partial charge in [-0.05, 0) is 18.2 Å². The molecule has 0 aliphatic heterocycles. The lowest BCUT2D eigenvalue weighted by atomic mass is 10.3. The van der Waals surface area contributed by atoms with E-state index >= 15 is 0 Å². The largest absolute Gasteiger partial charge is 0.481 e. The topological polar surface area (TPSA) is 92.4 Å². The first-order valence-electron chi connectivity index (χ1n) is 4.12. The van der Waals surface area contributed by atoms with Gasteiger partial charge in [-0.3, -0.25) is 15.0 Å². The second kappa shape index (κ2) is 5.28. The summed E-state index contributed by atoms with van der Waals surface area (Å²) in [6.45, 7) is 0. The van der Waals surface area contributed by atoms with Gasteiger partial charge in [-0.25, -0.2) is 5.84 Å². The minimum Gasteiger partial charge on any atom is -0.481 e. The number of nitrogens with two attached hydrogens (primary N) is 1. The van der Waals surface area contributed by atoms with Crippen LogP contribution in [0.4, 0.5) is 0 Å². The Bertz CT molecular complexity index is 398. The van der Waals surface area contributed by atoms with Gasteiger partial charge in [0.25, 0.3) is 5.91 Å².